The van der Waals surface area contributed by atoms with Gasteiger partial charge in [-0.2, -0.15) is 0 Å². The molecule has 0 unspecified atom stereocenters. The van der Waals surface area contributed by atoms with Gasteiger partial charge < -0.3 is 0 Å². The SMILES string of the molecule is C=C/C=C(\[CH]=[W])N=C=O. The Morgan fingerprint density at radius 1 is 1.78 bits per heavy atom. The van der Waals surface area contributed by atoms with Crippen molar-refractivity contribution in [1.82, 2.24) is 0 Å². The summed E-state index contributed by atoms with van der Waals surface area (Å²) >= 11 is 1.25. The van der Waals surface area contributed by atoms with Crippen molar-refractivity contribution >= 4 is 10.5 Å². The van der Waals surface area contributed by atoms with Gasteiger partial charge in [-0.1, -0.05) is 0 Å². The fraction of sp³-hybridized carbons (Fsp3) is 0. The molecule has 0 radical (unpaired) electrons. The summed E-state index contributed by atoms with van der Waals surface area (Å²) in [6, 6.07) is 0. The summed E-state index contributed by atoms with van der Waals surface area (Å²) in [5.74, 6) is 0. The van der Waals surface area contributed by atoms with Crippen molar-refractivity contribution in [2.24, 2.45) is 4.99 Å². The number of hydrogen-bond donors (Lipinski definition) is 0. The fourth-order valence-corrected chi connectivity index (χ4v) is 0.748. The van der Waals surface area contributed by atoms with Crippen molar-refractivity contribution in [3.05, 3.63) is 24.4 Å². The minimum atomic E-state index is 0.620. The Labute approximate surface area is 64.4 Å². The fourth-order valence-electron chi connectivity index (χ4n) is 0.276. The number of hydrogen-bond acceptors (Lipinski definition) is 2. The van der Waals surface area contributed by atoms with E-state index < -0.39 is 0 Å². The van der Waals surface area contributed by atoms with Crippen molar-refractivity contribution in [3.8, 4) is 0 Å². The molecule has 0 N–H and O–H groups in total. The molecule has 0 aliphatic rings. The van der Waals surface area contributed by atoms with Crippen LogP contribution in [0.15, 0.2) is 29.4 Å². The van der Waals surface area contributed by atoms with Crippen LogP contribution in [-0.2, 0) is 24.1 Å². The first-order valence-corrected chi connectivity index (χ1v) is 3.90. The van der Waals surface area contributed by atoms with Gasteiger partial charge in [-0.3, -0.25) is 0 Å². The molecular formula is C6H5NOW. The van der Waals surface area contributed by atoms with Gasteiger partial charge in [-0.25, -0.2) is 0 Å². The molecule has 0 heterocycles. The predicted molar refractivity (Wildman–Crippen MR) is 32.5 cm³/mol. The maximum absolute atomic E-state index is 9.67. The van der Waals surface area contributed by atoms with E-state index in [-0.39, 0.29) is 0 Å². The average Bonchev–Trinajstić information content (AvgIpc) is 1.88. The molecule has 0 fully saturated rings. The molecule has 0 aromatic heterocycles. The zero-order valence-corrected chi connectivity index (χ0v) is 7.64. The number of carbonyl (C=O) groups excluding carboxylic acids is 1. The van der Waals surface area contributed by atoms with Crippen LogP contribution in [0, 0.1) is 0 Å². The van der Waals surface area contributed by atoms with Crippen LogP contribution in [0.1, 0.15) is 0 Å². The summed E-state index contributed by atoms with van der Waals surface area (Å²) in [5, 5.41) is 0. The van der Waals surface area contributed by atoms with Crippen LogP contribution in [0.5, 0.6) is 0 Å². The van der Waals surface area contributed by atoms with Gasteiger partial charge in [0.05, 0.1) is 0 Å². The van der Waals surface area contributed by atoms with E-state index in [2.05, 4.69) is 11.6 Å². The second-order valence-electron chi connectivity index (χ2n) is 1.15. The zero-order valence-electron chi connectivity index (χ0n) is 4.70. The average molecular weight is 291 g/mol. The van der Waals surface area contributed by atoms with Crippen LogP contribution < -0.4 is 0 Å². The molecule has 0 spiro atoms. The number of allylic oxidation sites excluding steroid dienone is 3. The normalized spacial score (nSPS) is 9.56. The Hall–Kier alpha value is -0.582. The first kappa shape index (κ1) is 8.42. The predicted octanol–water partition coefficient (Wildman–Crippen LogP) is 0.741. The van der Waals surface area contributed by atoms with E-state index in [1.54, 1.807) is 16.6 Å². The second kappa shape index (κ2) is 5.55. The number of nitrogens with zero attached hydrogens (tertiary/aromatic N) is 1. The number of aliphatic imine (C=N–C) groups is 1. The van der Waals surface area contributed by atoms with E-state index in [1.165, 1.54) is 25.4 Å². The first-order valence-electron chi connectivity index (χ1n) is 2.21. The third kappa shape index (κ3) is 3.96. The summed E-state index contributed by atoms with van der Waals surface area (Å²) < 4.78 is 1.78. The van der Waals surface area contributed by atoms with Crippen LogP contribution in [0.4, 0.5) is 0 Å². The Bertz CT molecular complexity index is 189. The van der Waals surface area contributed by atoms with Gasteiger partial charge in [0.25, 0.3) is 0 Å². The van der Waals surface area contributed by atoms with E-state index >= 15 is 0 Å². The Morgan fingerprint density at radius 2 is 2.44 bits per heavy atom. The van der Waals surface area contributed by atoms with Crippen molar-refractivity contribution in [2.45, 2.75) is 0 Å². The van der Waals surface area contributed by atoms with E-state index in [0.29, 0.717) is 5.70 Å². The molecule has 0 atom stereocenters. The molecule has 0 aromatic rings. The molecule has 0 saturated carbocycles. The standard InChI is InChI=1S/C6H5NO.W/c1-3-4-6(2)7-5-8;/h2-4H,1H2;/b6-4+;. The van der Waals surface area contributed by atoms with Gasteiger partial charge in [0.15, 0.2) is 0 Å². The first-order chi connectivity index (χ1) is 4.35. The van der Waals surface area contributed by atoms with E-state index in [1.807, 2.05) is 0 Å². The summed E-state index contributed by atoms with van der Waals surface area (Å²) in [5.41, 5.74) is 0.620. The van der Waals surface area contributed by atoms with Crippen molar-refractivity contribution < 1.29 is 24.1 Å². The summed E-state index contributed by atoms with van der Waals surface area (Å²) in [7, 11) is 0. The van der Waals surface area contributed by atoms with Gasteiger partial charge in [-0.15, -0.1) is 0 Å². The van der Waals surface area contributed by atoms with Gasteiger partial charge in [0.1, 0.15) is 0 Å². The molecule has 0 aliphatic carbocycles. The second-order valence-corrected chi connectivity index (χ2v) is 1.99. The van der Waals surface area contributed by atoms with Crippen molar-refractivity contribution in [1.29, 1.82) is 0 Å². The van der Waals surface area contributed by atoms with Crippen molar-refractivity contribution in [2.75, 3.05) is 0 Å². The molecule has 0 bridgehead atoms. The third-order valence-electron chi connectivity index (χ3n) is 0.584. The minimum absolute atomic E-state index is 0.620. The van der Waals surface area contributed by atoms with E-state index in [0.717, 1.165) is 0 Å². The maximum atomic E-state index is 9.67. The van der Waals surface area contributed by atoms with Crippen LogP contribution >= 0.6 is 0 Å². The molecule has 0 amide bonds. The molecule has 46 valence electrons. The van der Waals surface area contributed by atoms with Gasteiger partial charge in [-0.05, 0) is 0 Å². The molecule has 9 heavy (non-hydrogen) atoms. The quantitative estimate of drug-likeness (QED) is 0.428. The van der Waals surface area contributed by atoms with Crippen LogP contribution in [0.25, 0.3) is 0 Å². The van der Waals surface area contributed by atoms with Gasteiger partial charge in [0.2, 0.25) is 0 Å². The molecule has 0 rings (SSSR count). The Balaban J connectivity index is 4.31. The number of rotatable bonds is 3. The molecule has 0 aromatic carbocycles. The van der Waals surface area contributed by atoms with Gasteiger partial charge in [0, 0.05) is 0 Å². The van der Waals surface area contributed by atoms with Crippen LogP contribution in [0.2, 0.25) is 0 Å². The Kier molecular flexibility index (Phi) is 5.19. The van der Waals surface area contributed by atoms with Gasteiger partial charge >= 0.3 is 64.0 Å². The van der Waals surface area contributed by atoms with Crippen LogP contribution in [0.3, 0.4) is 0 Å². The number of isocyanates is 1. The third-order valence-corrected chi connectivity index (χ3v) is 1.45. The summed E-state index contributed by atoms with van der Waals surface area (Å²) in [6.07, 6.45) is 4.67. The molecule has 2 nitrogen and oxygen atoms in total. The Morgan fingerprint density at radius 3 is 2.78 bits per heavy atom. The summed E-state index contributed by atoms with van der Waals surface area (Å²) in [6.45, 7) is 3.45. The zero-order chi connectivity index (χ0) is 7.11. The van der Waals surface area contributed by atoms with E-state index in [9.17, 15) is 4.79 Å². The van der Waals surface area contributed by atoms with Crippen LogP contribution in [-0.4, -0.2) is 10.5 Å². The van der Waals surface area contributed by atoms with Crippen molar-refractivity contribution in [3.63, 3.8) is 0 Å². The topological polar surface area (TPSA) is 29.4 Å². The molecule has 0 saturated heterocycles. The molecule has 0 aliphatic heterocycles. The van der Waals surface area contributed by atoms with E-state index in [4.69, 9.17) is 0 Å². The monoisotopic (exact) mass is 291 g/mol. The summed E-state index contributed by atoms with van der Waals surface area (Å²) in [4.78, 5) is 13.1. The molecular weight excluding hydrogens is 286 g/mol. The molecule has 3 heteroatoms.